The molecule has 0 amide bonds. The molecule has 2 atom stereocenters. The highest BCUT2D eigenvalue weighted by atomic mass is 16.5. The van der Waals surface area contributed by atoms with Crippen molar-refractivity contribution in [3.8, 4) is 5.75 Å². The largest absolute Gasteiger partial charge is 0.493 e. The smallest absolute Gasteiger partial charge is 0.122 e. The summed E-state index contributed by atoms with van der Waals surface area (Å²) in [5.74, 6) is 1.08. The van der Waals surface area contributed by atoms with Crippen molar-refractivity contribution >= 4 is 0 Å². The molecule has 3 rings (SSSR count). The molecule has 0 aromatic heterocycles. The van der Waals surface area contributed by atoms with Crippen LogP contribution in [0.3, 0.4) is 0 Å². The molecule has 1 aromatic rings. The van der Waals surface area contributed by atoms with Gasteiger partial charge in [-0.1, -0.05) is 24.3 Å². The maximum absolute atomic E-state index is 5.55. The number of ether oxygens (including phenoxy) is 1. The Morgan fingerprint density at radius 3 is 3.11 bits per heavy atom. The second kappa shape index (κ2) is 5.15. The van der Waals surface area contributed by atoms with Gasteiger partial charge in [-0.05, 0) is 43.4 Å². The van der Waals surface area contributed by atoms with Crippen LogP contribution < -0.4 is 10.1 Å². The highest BCUT2D eigenvalue weighted by Gasteiger charge is 2.17. The Hall–Kier alpha value is -1.28. The van der Waals surface area contributed by atoms with Gasteiger partial charge >= 0.3 is 0 Å². The normalized spacial score (nSPS) is 23.5. The minimum absolute atomic E-state index is 0.424. The van der Waals surface area contributed by atoms with Crippen molar-refractivity contribution in [2.75, 3.05) is 6.61 Å². The van der Waals surface area contributed by atoms with Crippen LogP contribution >= 0.6 is 0 Å². The molecule has 1 N–H and O–H groups in total. The topological polar surface area (TPSA) is 21.3 Å². The first-order valence-electron chi connectivity index (χ1n) is 6.99. The Labute approximate surface area is 109 Å². The number of fused-ring (bicyclic) bond motifs is 1. The lowest BCUT2D eigenvalue weighted by atomic mass is 9.98. The highest BCUT2D eigenvalue weighted by Crippen LogP contribution is 2.28. The Balaban J connectivity index is 1.68. The van der Waals surface area contributed by atoms with Crippen LogP contribution in [-0.2, 0) is 6.42 Å². The van der Waals surface area contributed by atoms with Crippen LogP contribution in [0.4, 0.5) is 0 Å². The average Bonchev–Trinajstić information content (AvgIpc) is 2.87. The summed E-state index contributed by atoms with van der Waals surface area (Å²) in [7, 11) is 0. The van der Waals surface area contributed by atoms with Gasteiger partial charge in [-0.25, -0.2) is 0 Å². The van der Waals surface area contributed by atoms with E-state index in [0.29, 0.717) is 12.1 Å². The van der Waals surface area contributed by atoms with E-state index in [2.05, 4.69) is 42.6 Å². The van der Waals surface area contributed by atoms with Crippen LogP contribution in [-0.4, -0.2) is 12.6 Å². The van der Waals surface area contributed by atoms with Crippen LogP contribution in [0.15, 0.2) is 30.4 Å². The van der Waals surface area contributed by atoms with E-state index < -0.39 is 0 Å². The molecule has 0 saturated heterocycles. The molecular formula is C16H21NO. The van der Waals surface area contributed by atoms with E-state index in [1.54, 1.807) is 0 Å². The standard InChI is InChI=1S/C16H21NO/c1-12(17-15-5-3-2-4-6-15)13-7-8-16-14(11-13)9-10-18-16/h2-3,7-8,11-12,15,17H,4-6,9-10H2,1H3. The fourth-order valence-corrected chi connectivity index (χ4v) is 2.87. The van der Waals surface area contributed by atoms with E-state index >= 15 is 0 Å². The number of hydrogen-bond acceptors (Lipinski definition) is 2. The summed E-state index contributed by atoms with van der Waals surface area (Å²) in [6, 6.07) is 7.68. The van der Waals surface area contributed by atoms with Crippen molar-refractivity contribution in [3.05, 3.63) is 41.5 Å². The highest BCUT2D eigenvalue weighted by molar-refractivity contribution is 5.40. The van der Waals surface area contributed by atoms with Crippen LogP contribution in [0, 0.1) is 0 Å². The third kappa shape index (κ3) is 2.44. The lowest BCUT2D eigenvalue weighted by Crippen LogP contribution is -2.32. The van der Waals surface area contributed by atoms with Crippen molar-refractivity contribution in [3.63, 3.8) is 0 Å². The predicted molar refractivity (Wildman–Crippen MR) is 74.0 cm³/mol. The molecule has 2 heteroatoms. The Morgan fingerprint density at radius 2 is 2.28 bits per heavy atom. The molecule has 0 radical (unpaired) electrons. The molecule has 0 fully saturated rings. The Morgan fingerprint density at radius 1 is 1.33 bits per heavy atom. The summed E-state index contributed by atoms with van der Waals surface area (Å²) < 4.78 is 5.55. The average molecular weight is 243 g/mol. The third-order valence-electron chi connectivity index (χ3n) is 3.97. The van der Waals surface area contributed by atoms with E-state index in [-0.39, 0.29) is 0 Å². The summed E-state index contributed by atoms with van der Waals surface area (Å²) in [4.78, 5) is 0. The van der Waals surface area contributed by atoms with E-state index in [9.17, 15) is 0 Å². The van der Waals surface area contributed by atoms with Gasteiger partial charge in [0.2, 0.25) is 0 Å². The summed E-state index contributed by atoms with van der Waals surface area (Å²) in [6.45, 7) is 3.10. The summed E-state index contributed by atoms with van der Waals surface area (Å²) >= 11 is 0. The van der Waals surface area contributed by atoms with Gasteiger partial charge in [0.1, 0.15) is 5.75 Å². The lowest BCUT2D eigenvalue weighted by molar-refractivity contribution is 0.356. The molecule has 2 aliphatic rings. The van der Waals surface area contributed by atoms with Crippen LogP contribution in [0.2, 0.25) is 0 Å². The molecule has 18 heavy (non-hydrogen) atoms. The molecule has 0 spiro atoms. The zero-order valence-electron chi connectivity index (χ0n) is 11.0. The molecule has 0 saturated carbocycles. The molecule has 1 aromatic carbocycles. The van der Waals surface area contributed by atoms with Crippen molar-refractivity contribution in [1.82, 2.24) is 5.32 Å². The van der Waals surface area contributed by atoms with Gasteiger partial charge in [-0.15, -0.1) is 0 Å². The first-order valence-corrected chi connectivity index (χ1v) is 6.99. The number of rotatable bonds is 3. The van der Waals surface area contributed by atoms with E-state index in [0.717, 1.165) is 18.8 Å². The minimum atomic E-state index is 0.424. The van der Waals surface area contributed by atoms with E-state index in [1.165, 1.54) is 30.4 Å². The second-order valence-electron chi connectivity index (χ2n) is 5.34. The summed E-state index contributed by atoms with van der Waals surface area (Å²) in [5.41, 5.74) is 2.75. The van der Waals surface area contributed by atoms with Gasteiger partial charge < -0.3 is 10.1 Å². The maximum atomic E-state index is 5.55. The number of hydrogen-bond donors (Lipinski definition) is 1. The predicted octanol–water partition coefficient (Wildman–Crippen LogP) is 3.38. The fourth-order valence-electron chi connectivity index (χ4n) is 2.87. The van der Waals surface area contributed by atoms with Crippen LogP contribution in [0.1, 0.15) is 43.4 Å². The van der Waals surface area contributed by atoms with Crippen molar-refractivity contribution in [2.24, 2.45) is 0 Å². The van der Waals surface area contributed by atoms with Crippen molar-refractivity contribution < 1.29 is 4.74 Å². The first kappa shape index (κ1) is 11.8. The Kier molecular flexibility index (Phi) is 3.37. The van der Waals surface area contributed by atoms with Crippen molar-refractivity contribution in [1.29, 1.82) is 0 Å². The molecule has 1 aliphatic heterocycles. The molecule has 2 unspecified atom stereocenters. The van der Waals surface area contributed by atoms with Gasteiger partial charge in [0, 0.05) is 18.5 Å². The quantitative estimate of drug-likeness (QED) is 0.822. The molecule has 0 bridgehead atoms. The monoisotopic (exact) mass is 243 g/mol. The number of nitrogens with one attached hydrogen (secondary N) is 1. The molecule has 96 valence electrons. The van der Waals surface area contributed by atoms with E-state index in [4.69, 9.17) is 4.74 Å². The first-order chi connectivity index (χ1) is 8.83. The molecule has 1 heterocycles. The van der Waals surface area contributed by atoms with Gasteiger partial charge in [-0.3, -0.25) is 0 Å². The molecule has 1 aliphatic carbocycles. The molecular weight excluding hydrogens is 222 g/mol. The minimum Gasteiger partial charge on any atom is -0.493 e. The SMILES string of the molecule is CC(NC1CC=CCC1)c1ccc2c(c1)CCO2. The third-order valence-corrected chi connectivity index (χ3v) is 3.97. The number of allylic oxidation sites excluding steroid dienone is 1. The number of benzene rings is 1. The Bertz CT molecular complexity index is 452. The zero-order valence-corrected chi connectivity index (χ0v) is 11.0. The van der Waals surface area contributed by atoms with Crippen LogP contribution in [0.5, 0.6) is 5.75 Å². The van der Waals surface area contributed by atoms with E-state index in [1.807, 2.05) is 0 Å². The lowest BCUT2D eigenvalue weighted by Gasteiger charge is -2.24. The maximum Gasteiger partial charge on any atom is 0.122 e. The van der Waals surface area contributed by atoms with Gasteiger partial charge in [-0.2, -0.15) is 0 Å². The summed E-state index contributed by atoms with van der Waals surface area (Å²) in [5, 5.41) is 3.73. The molecule has 2 nitrogen and oxygen atoms in total. The van der Waals surface area contributed by atoms with Crippen molar-refractivity contribution in [2.45, 2.75) is 44.7 Å². The summed E-state index contributed by atoms with van der Waals surface area (Å²) in [6.07, 6.45) is 9.28. The second-order valence-corrected chi connectivity index (χ2v) is 5.34. The van der Waals surface area contributed by atoms with Gasteiger partial charge in [0.25, 0.3) is 0 Å². The zero-order chi connectivity index (χ0) is 12.4. The fraction of sp³-hybridized carbons (Fsp3) is 0.500. The van der Waals surface area contributed by atoms with Gasteiger partial charge in [0.15, 0.2) is 0 Å². The van der Waals surface area contributed by atoms with Crippen LogP contribution in [0.25, 0.3) is 0 Å². The van der Waals surface area contributed by atoms with Gasteiger partial charge in [0.05, 0.1) is 6.61 Å².